The molecule has 0 unspecified atom stereocenters. The monoisotopic (exact) mass is 281 g/mol. The van der Waals surface area contributed by atoms with E-state index in [9.17, 15) is 4.39 Å². The van der Waals surface area contributed by atoms with Crippen LogP contribution in [-0.2, 0) is 0 Å². The second kappa shape index (κ2) is 3.85. The molecular weight excluding hydrogens is 268 g/mol. The van der Waals surface area contributed by atoms with E-state index in [1.807, 2.05) is 6.07 Å². The van der Waals surface area contributed by atoms with Gasteiger partial charge >= 0.3 is 99.7 Å². The minimum atomic E-state index is -0.118. The zero-order valence-electron chi connectivity index (χ0n) is 9.03. The first-order valence-electron chi connectivity index (χ1n) is 5.29. The van der Waals surface area contributed by atoms with Crippen LogP contribution in [0.1, 0.15) is 5.56 Å². The zero-order chi connectivity index (χ0) is 11.1. The Hall–Kier alpha value is -0.891. The molecule has 0 radical (unpaired) electrons. The van der Waals surface area contributed by atoms with Gasteiger partial charge in [-0.2, -0.15) is 0 Å². The summed E-state index contributed by atoms with van der Waals surface area (Å²) >= 11 is 0.300. The molecule has 0 amide bonds. The van der Waals surface area contributed by atoms with E-state index in [2.05, 4.69) is 23.0 Å². The summed E-state index contributed by atoms with van der Waals surface area (Å²) in [5.74, 6) is -0.118. The van der Waals surface area contributed by atoms with Crippen molar-refractivity contribution in [1.29, 1.82) is 0 Å². The van der Waals surface area contributed by atoms with Gasteiger partial charge in [0.05, 0.1) is 0 Å². The van der Waals surface area contributed by atoms with Crippen molar-refractivity contribution >= 4 is 29.7 Å². The van der Waals surface area contributed by atoms with Gasteiger partial charge in [0, 0.05) is 0 Å². The quantitative estimate of drug-likeness (QED) is 0.725. The molecule has 0 saturated carbocycles. The van der Waals surface area contributed by atoms with E-state index >= 15 is 0 Å². The number of rotatable bonds is 1. The molecule has 1 aliphatic rings. The first kappa shape index (κ1) is 10.3. The molecule has 16 heavy (non-hydrogen) atoms. The Morgan fingerprint density at radius 2 is 2.25 bits per heavy atom. The molecule has 3 heteroatoms. The van der Waals surface area contributed by atoms with E-state index in [4.69, 9.17) is 0 Å². The molecule has 0 atom stereocenters. The van der Waals surface area contributed by atoms with Crippen LogP contribution in [0.3, 0.4) is 0 Å². The predicted molar refractivity (Wildman–Crippen MR) is 66.3 cm³/mol. The number of nitrogens with zero attached hydrogens (tertiary/aromatic N) is 1. The van der Waals surface area contributed by atoms with Gasteiger partial charge in [-0.3, -0.25) is 0 Å². The van der Waals surface area contributed by atoms with Gasteiger partial charge in [0.1, 0.15) is 0 Å². The van der Waals surface area contributed by atoms with Gasteiger partial charge in [0.25, 0.3) is 0 Å². The third-order valence-corrected chi connectivity index (χ3v) is 4.96. The van der Waals surface area contributed by atoms with Crippen LogP contribution in [0.15, 0.2) is 29.2 Å². The summed E-state index contributed by atoms with van der Waals surface area (Å²) in [6, 6.07) is 5.16. The minimum absolute atomic E-state index is 0.118. The van der Waals surface area contributed by atoms with Crippen LogP contribution < -0.4 is 0 Å². The maximum atomic E-state index is 13.1. The van der Waals surface area contributed by atoms with E-state index in [0.29, 0.717) is 14.5 Å². The van der Waals surface area contributed by atoms with Crippen molar-refractivity contribution in [2.24, 2.45) is 0 Å². The molecule has 0 aliphatic carbocycles. The molecule has 2 aromatic rings. The Labute approximate surface area is 99.9 Å². The van der Waals surface area contributed by atoms with Crippen molar-refractivity contribution in [2.45, 2.75) is 0 Å². The van der Waals surface area contributed by atoms with Gasteiger partial charge < -0.3 is 0 Å². The van der Waals surface area contributed by atoms with Crippen molar-refractivity contribution in [3.8, 4) is 0 Å². The van der Waals surface area contributed by atoms with Crippen molar-refractivity contribution in [1.82, 2.24) is 4.90 Å². The zero-order valence-corrected chi connectivity index (χ0v) is 10.7. The van der Waals surface area contributed by atoms with Crippen molar-refractivity contribution < 1.29 is 4.39 Å². The Kier molecular flexibility index (Phi) is 2.47. The Morgan fingerprint density at radius 1 is 1.38 bits per heavy atom. The number of likely N-dealkylation sites (N-methyl/N-ethyl adjacent to an activating group) is 1. The van der Waals surface area contributed by atoms with E-state index in [-0.39, 0.29) is 5.82 Å². The number of hydrogen-bond donors (Lipinski definition) is 0. The Morgan fingerprint density at radius 3 is 3.00 bits per heavy atom. The molecule has 2 heterocycles. The van der Waals surface area contributed by atoms with Crippen molar-refractivity contribution in [2.75, 3.05) is 20.1 Å². The SMILES string of the molecule is CN1CC=C(c2c[se]c3cc(F)ccc23)C1. The summed E-state index contributed by atoms with van der Waals surface area (Å²) in [5.41, 5.74) is 2.73. The first-order chi connectivity index (χ1) is 7.74. The van der Waals surface area contributed by atoms with Crippen molar-refractivity contribution in [3.63, 3.8) is 0 Å². The first-order valence-corrected chi connectivity index (χ1v) is 7.13. The fraction of sp³-hybridized carbons (Fsp3) is 0.231. The number of halogens is 1. The van der Waals surface area contributed by atoms with Gasteiger partial charge in [0.15, 0.2) is 0 Å². The van der Waals surface area contributed by atoms with Crippen LogP contribution in [0.5, 0.6) is 0 Å². The van der Waals surface area contributed by atoms with Gasteiger partial charge in [-0.1, -0.05) is 0 Å². The topological polar surface area (TPSA) is 3.24 Å². The molecule has 0 N–H and O–H groups in total. The molecule has 0 spiro atoms. The third-order valence-electron chi connectivity index (χ3n) is 2.97. The number of hydrogen-bond acceptors (Lipinski definition) is 1. The van der Waals surface area contributed by atoms with Gasteiger partial charge in [-0.05, 0) is 0 Å². The third kappa shape index (κ3) is 1.65. The summed E-state index contributed by atoms with van der Waals surface area (Å²) in [6.07, 6.45) is 2.28. The average Bonchev–Trinajstić information content (AvgIpc) is 2.83. The van der Waals surface area contributed by atoms with E-state index < -0.39 is 0 Å². The molecule has 0 saturated heterocycles. The van der Waals surface area contributed by atoms with Crippen molar-refractivity contribution in [3.05, 3.63) is 40.6 Å². The fourth-order valence-corrected chi connectivity index (χ4v) is 4.25. The standard InChI is InChI=1S/C13H12FNSe/c1-15-5-4-9(7-15)12-8-16-13-6-10(14)2-3-11(12)13/h2-4,6,8H,5,7H2,1H3. The normalized spacial score (nSPS) is 17.0. The second-order valence-corrected chi connectivity index (χ2v) is 6.13. The Balaban J connectivity index is 2.11. The van der Waals surface area contributed by atoms with Crippen LogP contribution in [0.25, 0.3) is 15.2 Å². The number of fused-ring (bicyclic) bond motifs is 1. The van der Waals surface area contributed by atoms with Crippen LogP contribution >= 0.6 is 0 Å². The van der Waals surface area contributed by atoms with Gasteiger partial charge in [-0.15, -0.1) is 0 Å². The van der Waals surface area contributed by atoms with Crippen LogP contribution in [-0.4, -0.2) is 39.5 Å². The maximum absolute atomic E-state index is 13.1. The molecule has 82 valence electrons. The van der Waals surface area contributed by atoms with E-state index in [1.165, 1.54) is 20.8 Å². The summed E-state index contributed by atoms with van der Waals surface area (Å²) in [7, 11) is 2.12. The average molecular weight is 280 g/mol. The molecule has 1 aliphatic heterocycles. The molecule has 0 fully saturated rings. The van der Waals surface area contributed by atoms with Crippen LogP contribution in [0.2, 0.25) is 0 Å². The van der Waals surface area contributed by atoms with Crippen LogP contribution in [0, 0.1) is 5.82 Å². The van der Waals surface area contributed by atoms with Gasteiger partial charge in [-0.25, -0.2) is 0 Å². The molecule has 3 rings (SSSR count). The summed E-state index contributed by atoms with van der Waals surface area (Å²) < 4.78 is 14.3. The molecular formula is C13H12FNSe. The summed E-state index contributed by atoms with van der Waals surface area (Å²) in [5, 5.41) is 1.24. The molecule has 0 bridgehead atoms. The number of benzene rings is 1. The van der Waals surface area contributed by atoms with Gasteiger partial charge in [0.2, 0.25) is 0 Å². The Bertz CT molecular complexity index is 570. The predicted octanol–water partition coefficient (Wildman–Crippen LogP) is 2.36. The molecule has 1 nitrogen and oxygen atoms in total. The van der Waals surface area contributed by atoms with Crippen LogP contribution in [0.4, 0.5) is 4.39 Å². The summed E-state index contributed by atoms with van der Waals surface area (Å²) in [4.78, 5) is 4.56. The molecule has 1 aromatic carbocycles. The fourth-order valence-electron chi connectivity index (χ4n) is 2.13. The van der Waals surface area contributed by atoms with E-state index in [1.54, 1.807) is 12.1 Å². The van der Waals surface area contributed by atoms with E-state index in [0.717, 1.165) is 13.1 Å². The molecule has 1 aromatic heterocycles. The second-order valence-electron chi connectivity index (χ2n) is 4.22. The summed E-state index contributed by atoms with van der Waals surface area (Å²) in [6.45, 7) is 2.04.